The number of hydrogen-bond acceptors (Lipinski definition) is 4. The van der Waals surface area contributed by atoms with Gasteiger partial charge in [0, 0.05) is 17.6 Å². The Balaban J connectivity index is 1.78. The van der Waals surface area contributed by atoms with Crippen molar-refractivity contribution in [1.82, 2.24) is 10.3 Å². The Labute approximate surface area is 128 Å². The summed E-state index contributed by atoms with van der Waals surface area (Å²) >= 11 is 0. The maximum absolute atomic E-state index is 5.87. The summed E-state index contributed by atoms with van der Waals surface area (Å²) in [5, 5.41) is 3.59. The SMILES string of the molecule is CC(C)(C)N[C@H]1C[C@@H](Oc2ccc(OC(C)(C)C)cn2)C1. The highest BCUT2D eigenvalue weighted by molar-refractivity contribution is 5.23. The number of rotatable bonds is 4. The van der Waals surface area contributed by atoms with Crippen LogP contribution < -0.4 is 14.8 Å². The van der Waals surface area contributed by atoms with Gasteiger partial charge in [-0.3, -0.25) is 0 Å². The van der Waals surface area contributed by atoms with Crippen molar-refractivity contribution in [3.8, 4) is 11.6 Å². The van der Waals surface area contributed by atoms with Crippen LogP contribution in [-0.2, 0) is 0 Å². The van der Waals surface area contributed by atoms with Gasteiger partial charge in [-0.25, -0.2) is 4.98 Å². The smallest absolute Gasteiger partial charge is 0.213 e. The normalized spacial score (nSPS) is 22.6. The second-order valence-electron chi connectivity index (χ2n) is 7.85. The highest BCUT2D eigenvalue weighted by Crippen LogP contribution is 2.27. The lowest BCUT2D eigenvalue weighted by Crippen LogP contribution is -2.53. The molecular formula is C17H28N2O2. The van der Waals surface area contributed by atoms with E-state index in [1.165, 1.54) is 0 Å². The topological polar surface area (TPSA) is 43.4 Å². The first-order valence-corrected chi connectivity index (χ1v) is 7.70. The van der Waals surface area contributed by atoms with Gasteiger partial charge in [-0.2, -0.15) is 0 Å². The predicted octanol–water partition coefficient (Wildman–Crippen LogP) is 3.56. The largest absolute Gasteiger partial charge is 0.487 e. The highest BCUT2D eigenvalue weighted by atomic mass is 16.5. The summed E-state index contributed by atoms with van der Waals surface area (Å²) in [6.45, 7) is 12.6. The Kier molecular flexibility index (Phi) is 4.47. The second-order valence-corrected chi connectivity index (χ2v) is 7.85. The van der Waals surface area contributed by atoms with E-state index in [-0.39, 0.29) is 17.2 Å². The fraction of sp³-hybridized carbons (Fsp3) is 0.706. The predicted molar refractivity (Wildman–Crippen MR) is 84.9 cm³/mol. The zero-order valence-electron chi connectivity index (χ0n) is 14.1. The molecule has 0 spiro atoms. The third kappa shape index (κ3) is 5.54. The van der Waals surface area contributed by atoms with Gasteiger partial charge in [0.25, 0.3) is 0 Å². The van der Waals surface area contributed by atoms with E-state index < -0.39 is 0 Å². The molecule has 118 valence electrons. The van der Waals surface area contributed by atoms with Crippen molar-refractivity contribution in [3.63, 3.8) is 0 Å². The molecule has 1 saturated carbocycles. The molecule has 0 atom stereocenters. The molecule has 4 heteroatoms. The Hall–Kier alpha value is -1.29. The van der Waals surface area contributed by atoms with Crippen molar-refractivity contribution >= 4 is 0 Å². The Morgan fingerprint density at radius 2 is 1.76 bits per heavy atom. The van der Waals surface area contributed by atoms with E-state index >= 15 is 0 Å². The molecule has 1 aromatic rings. The third-order valence-electron chi connectivity index (χ3n) is 3.15. The van der Waals surface area contributed by atoms with Gasteiger partial charge in [0.1, 0.15) is 17.5 Å². The monoisotopic (exact) mass is 292 g/mol. The minimum Gasteiger partial charge on any atom is -0.487 e. The minimum absolute atomic E-state index is 0.166. The average Bonchev–Trinajstić information content (AvgIpc) is 2.25. The summed E-state index contributed by atoms with van der Waals surface area (Å²) in [5.41, 5.74) is -0.0380. The summed E-state index contributed by atoms with van der Waals surface area (Å²) in [4.78, 5) is 4.32. The number of ether oxygens (including phenoxy) is 2. The summed E-state index contributed by atoms with van der Waals surface area (Å²) in [7, 11) is 0. The van der Waals surface area contributed by atoms with Crippen LogP contribution in [0.3, 0.4) is 0 Å². The van der Waals surface area contributed by atoms with Crippen molar-refractivity contribution in [2.24, 2.45) is 0 Å². The van der Waals surface area contributed by atoms with Crippen LogP contribution in [0.5, 0.6) is 11.6 Å². The molecule has 0 amide bonds. The van der Waals surface area contributed by atoms with Gasteiger partial charge >= 0.3 is 0 Å². The van der Waals surface area contributed by atoms with E-state index in [2.05, 4.69) is 31.1 Å². The molecule has 1 aliphatic rings. The first-order chi connectivity index (χ1) is 9.61. The number of pyridine rings is 1. The molecule has 0 radical (unpaired) electrons. The lowest BCUT2D eigenvalue weighted by Gasteiger charge is -2.39. The maximum atomic E-state index is 5.87. The molecule has 1 heterocycles. The highest BCUT2D eigenvalue weighted by Gasteiger charge is 2.33. The van der Waals surface area contributed by atoms with Gasteiger partial charge in [-0.15, -0.1) is 0 Å². The molecule has 0 aliphatic heterocycles. The van der Waals surface area contributed by atoms with E-state index in [0.717, 1.165) is 18.6 Å². The Morgan fingerprint density at radius 3 is 2.24 bits per heavy atom. The third-order valence-corrected chi connectivity index (χ3v) is 3.15. The van der Waals surface area contributed by atoms with E-state index in [1.807, 2.05) is 32.9 Å². The first-order valence-electron chi connectivity index (χ1n) is 7.70. The molecular weight excluding hydrogens is 264 g/mol. The molecule has 1 N–H and O–H groups in total. The van der Waals surface area contributed by atoms with Gasteiger partial charge in [0.2, 0.25) is 5.88 Å². The van der Waals surface area contributed by atoms with Crippen molar-refractivity contribution in [1.29, 1.82) is 0 Å². The number of aromatic nitrogens is 1. The average molecular weight is 292 g/mol. The minimum atomic E-state index is -0.204. The molecule has 0 saturated heterocycles. The number of nitrogens with one attached hydrogen (secondary N) is 1. The van der Waals surface area contributed by atoms with Gasteiger partial charge in [0.05, 0.1) is 6.20 Å². The van der Waals surface area contributed by atoms with E-state index in [9.17, 15) is 0 Å². The molecule has 1 aromatic heterocycles. The van der Waals surface area contributed by atoms with Gasteiger partial charge in [-0.05, 0) is 60.5 Å². The Morgan fingerprint density at radius 1 is 1.10 bits per heavy atom. The standard InChI is InChI=1S/C17H28N2O2/c1-16(2,3)19-12-9-14(10-12)20-15-8-7-13(11-18-15)21-17(4,5)6/h7-8,11-12,14,19H,9-10H2,1-6H3/t12-,14+. The van der Waals surface area contributed by atoms with Crippen molar-refractivity contribution in [3.05, 3.63) is 18.3 Å². The summed E-state index contributed by atoms with van der Waals surface area (Å²) in [6.07, 6.45) is 4.08. The van der Waals surface area contributed by atoms with E-state index in [1.54, 1.807) is 6.20 Å². The van der Waals surface area contributed by atoms with Crippen LogP contribution in [0.2, 0.25) is 0 Å². The first kappa shape index (κ1) is 16.1. The van der Waals surface area contributed by atoms with Crippen LogP contribution in [0.4, 0.5) is 0 Å². The van der Waals surface area contributed by atoms with Crippen LogP contribution in [0.25, 0.3) is 0 Å². The maximum Gasteiger partial charge on any atom is 0.213 e. The lowest BCUT2D eigenvalue weighted by atomic mass is 9.87. The van der Waals surface area contributed by atoms with E-state index in [4.69, 9.17) is 9.47 Å². The summed E-state index contributed by atoms with van der Waals surface area (Å²) < 4.78 is 11.6. The van der Waals surface area contributed by atoms with Gasteiger partial charge in [0.15, 0.2) is 0 Å². The number of nitrogens with zero attached hydrogens (tertiary/aromatic N) is 1. The zero-order chi connectivity index (χ0) is 15.7. The van der Waals surface area contributed by atoms with Gasteiger partial charge in [-0.1, -0.05) is 0 Å². The molecule has 4 nitrogen and oxygen atoms in total. The summed E-state index contributed by atoms with van der Waals surface area (Å²) in [6, 6.07) is 4.35. The van der Waals surface area contributed by atoms with Crippen molar-refractivity contribution in [2.45, 2.75) is 77.7 Å². The number of hydrogen-bond donors (Lipinski definition) is 1. The van der Waals surface area contributed by atoms with Gasteiger partial charge < -0.3 is 14.8 Å². The fourth-order valence-corrected chi connectivity index (χ4v) is 2.41. The van der Waals surface area contributed by atoms with Crippen molar-refractivity contribution < 1.29 is 9.47 Å². The molecule has 0 bridgehead atoms. The van der Waals surface area contributed by atoms with Crippen LogP contribution in [0, 0.1) is 0 Å². The van der Waals surface area contributed by atoms with Crippen LogP contribution in [-0.4, -0.2) is 28.3 Å². The molecule has 1 fully saturated rings. The fourth-order valence-electron chi connectivity index (χ4n) is 2.41. The quantitative estimate of drug-likeness (QED) is 0.921. The van der Waals surface area contributed by atoms with Crippen LogP contribution >= 0.6 is 0 Å². The second kappa shape index (κ2) is 5.84. The molecule has 1 aliphatic carbocycles. The van der Waals surface area contributed by atoms with E-state index in [0.29, 0.717) is 11.9 Å². The lowest BCUT2D eigenvalue weighted by molar-refractivity contribution is 0.0689. The van der Waals surface area contributed by atoms with Crippen LogP contribution in [0.15, 0.2) is 18.3 Å². The molecule has 0 unspecified atom stereocenters. The molecule has 0 aromatic carbocycles. The van der Waals surface area contributed by atoms with Crippen LogP contribution in [0.1, 0.15) is 54.4 Å². The molecule has 21 heavy (non-hydrogen) atoms. The summed E-state index contributed by atoms with van der Waals surface area (Å²) in [5.74, 6) is 1.45. The Bertz CT molecular complexity index is 451. The molecule has 2 rings (SSSR count). The van der Waals surface area contributed by atoms with Crippen molar-refractivity contribution in [2.75, 3.05) is 0 Å². The zero-order valence-corrected chi connectivity index (χ0v) is 14.1.